The smallest absolute Gasteiger partial charge is 0.338 e. The number of carbonyl (C=O) groups is 1. The highest BCUT2D eigenvalue weighted by Crippen LogP contribution is 2.13. The molecule has 0 bridgehead atoms. The van der Waals surface area contributed by atoms with Gasteiger partial charge < -0.3 is 4.74 Å². The van der Waals surface area contributed by atoms with Crippen LogP contribution in [0.1, 0.15) is 22.8 Å². The summed E-state index contributed by atoms with van der Waals surface area (Å²) in [5, 5.41) is 0.394. The van der Waals surface area contributed by atoms with E-state index in [9.17, 15) is 17.1 Å². The molecule has 0 N–H and O–H groups in total. The van der Waals surface area contributed by atoms with Crippen molar-refractivity contribution in [2.24, 2.45) is 0 Å². The molecule has 0 unspecified atom stereocenters. The third-order valence-corrected chi connectivity index (χ3v) is 2.33. The summed E-state index contributed by atoms with van der Waals surface area (Å²) in [4.78, 5) is 11.5. The first-order valence-corrected chi connectivity index (χ1v) is 6.27. The minimum Gasteiger partial charge on any atom is -0.462 e. The van der Waals surface area contributed by atoms with Crippen molar-refractivity contribution in [1.29, 1.82) is 0 Å². The fraction of sp³-hybridized carbons (Fsp3) is 0.182. The quantitative estimate of drug-likeness (QED) is 0.613. The first kappa shape index (κ1) is 13.4. The van der Waals surface area contributed by atoms with Gasteiger partial charge in [-0.25, -0.2) is 4.79 Å². The van der Waals surface area contributed by atoms with Crippen LogP contribution in [0, 0.1) is 0 Å². The molecular formula is C11H11FO4S. The average Bonchev–Trinajstić information content (AvgIpc) is 2.26. The zero-order chi connectivity index (χ0) is 12.9. The van der Waals surface area contributed by atoms with Crippen LogP contribution in [0.5, 0.6) is 0 Å². The SMILES string of the molecule is CCOC(=O)c1ccccc1C=CS(=O)(=O)F. The van der Waals surface area contributed by atoms with Gasteiger partial charge in [-0.05, 0) is 24.6 Å². The van der Waals surface area contributed by atoms with Crippen LogP contribution >= 0.6 is 0 Å². The maximum absolute atomic E-state index is 12.3. The zero-order valence-electron chi connectivity index (χ0n) is 9.09. The fourth-order valence-corrected chi connectivity index (χ4v) is 1.50. The number of hydrogen-bond donors (Lipinski definition) is 0. The summed E-state index contributed by atoms with van der Waals surface area (Å²) in [6.07, 6.45) is 1.02. The monoisotopic (exact) mass is 258 g/mol. The summed E-state index contributed by atoms with van der Waals surface area (Å²) in [5.41, 5.74) is 0.474. The van der Waals surface area contributed by atoms with Crippen molar-refractivity contribution < 1.29 is 21.8 Å². The molecule has 17 heavy (non-hydrogen) atoms. The van der Waals surface area contributed by atoms with Crippen molar-refractivity contribution in [2.45, 2.75) is 6.92 Å². The normalized spacial score (nSPS) is 11.6. The summed E-state index contributed by atoms with van der Waals surface area (Å²) in [7, 11) is -4.71. The standard InChI is InChI=1S/C11H11FO4S/c1-2-16-11(13)10-6-4-3-5-9(10)7-8-17(12,14)15/h3-8H,2H2,1H3. The van der Waals surface area contributed by atoms with E-state index in [0.717, 1.165) is 6.08 Å². The van der Waals surface area contributed by atoms with Crippen LogP contribution in [-0.4, -0.2) is 21.0 Å². The van der Waals surface area contributed by atoms with Gasteiger partial charge in [-0.3, -0.25) is 0 Å². The predicted molar refractivity (Wildman–Crippen MR) is 61.5 cm³/mol. The summed E-state index contributed by atoms with van der Waals surface area (Å²) in [6.45, 7) is 1.86. The Hall–Kier alpha value is -1.69. The highest BCUT2D eigenvalue weighted by molar-refractivity contribution is 7.89. The molecule has 0 fully saturated rings. The first-order chi connectivity index (χ1) is 7.94. The second-order valence-corrected chi connectivity index (χ2v) is 4.31. The number of rotatable bonds is 4. The molecule has 0 atom stereocenters. The minimum atomic E-state index is -4.71. The lowest BCUT2D eigenvalue weighted by Crippen LogP contribution is -2.06. The minimum absolute atomic E-state index is 0.189. The molecular weight excluding hydrogens is 247 g/mol. The number of hydrogen-bond acceptors (Lipinski definition) is 4. The molecule has 6 heteroatoms. The topological polar surface area (TPSA) is 60.4 Å². The largest absolute Gasteiger partial charge is 0.462 e. The van der Waals surface area contributed by atoms with Gasteiger partial charge in [-0.15, -0.1) is 3.89 Å². The van der Waals surface area contributed by atoms with Crippen molar-refractivity contribution in [3.8, 4) is 0 Å². The van der Waals surface area contributed by atoms with Crippen LogP contribution in [0.3, 0.4) is 0 Å². The summed E-state index contributed by atoms with van der Waals surface area (Å²) in [5.74, 6) is -0.580. The number of benzene rings is 1. The van der Waals surface area contributed by atoms with Crippen molar-refractivity contribution in [1.82, 2.24) is 0 Å². The van der Waals surface area contributed by atoms with Gasteiger partial charge in [0.25, 0.3) is 0 Å². The third kappa shape index (κ3) is 4.36. The maximum atomic E-state index is 12.3. The van der Waals surface area contributed by atoms with Crippen LogP contribution in [0.25, 0.3) is 6.08 Å². The van der Waals surface area contributed by atoms with Gasteiger partial charge in [0.2, 0.25) is 0 Å². The maximum Gasteiger partial charge on any atom is 0.338 e. The van der Waals surface area contributed by atoms with Gasteiger partial charge in [-0.1, -0.05) is 18.2 Å². The van der Waals surface area contributed by atoms with E-state index in [1.54, 1.807) is 19.1 Å². The fourth-order valence-electron chi connectivity index (χ4n) is 1.19. The Labute approximate surface area is 98.9 Å². The molecule has 0 amide bonds. The Morgan fingerprint density at radius 3 is 2.65 bits per heavy atom. The van der Waals surface area contributed by atoms with Gasteiger partial charge >= 0.3 is 16.2 Å². The van der Waals surface area contributed by atoms with Crippen molar-refractivity contribution >= 4 is 22.3 Å². The molecule has 0 aliphatic heterocycles. The predicted octanol–water partition coefficient (Wildman–Crippen LogP) is 2.13. The Bertz CT molecular complexity index is 534. The van der Waals surface area contributed by atoms with Gasteiger partial charge in [-0.2, -0.15) is 8.42 Å². The van der Waals surface area contributed by atoms with Gasteiger partial charge in [0.15, 0.2) is 0 Å². The van der Waals surface area contributed by atoms with E-state index in [1.165, 1.54) is 12.1 Å². The van der Waals surface area contributed by atoms with Crippen molar-refractivity contribution in [2.75, 3.05) is 6.61 Å². The highest BCUT2D eigenvalue weighted by Gasteiger charge is 2.10. The first-order valence-electron chi connectivity index (χ1n) is 4.83. The van der Waals surface area contributed by atoms with Crippen LogP contribution in [0.2, 0.25) is 0 Å². The second kappa shape index (κ2) is 5.58. The van der Waals surface area contributed by atoms with Gasteiger partial charge in [0, 0.05) is 0 Å². The van der Waals surface area contributed by atoms with Crippen LogP contribution in [0.15, 0.2) is 29.7 Å². The number of halogens is 1. The molecule has 0 aliphatic carbocycles. The Kier molecular flexibility index (Phi) is 4.39. The van der Waals surface area contributed by atoms with Crippen molar-refractivity contribution in [3.05, 3.63) is 40.8 Å². The van der Waals surface area contributed by atoms with Gasteiger partial charge in [0.1, 0.15) is 0 Å². The number of carbonyl (C=O) groups excluding carboxylic acids is 1. The molecule has 0 saturated heterocycles. The van der Waals surface area contributed by atoms with E-state index in [4.69, 9.17) is 4.74 Å². The van der Waals surface area contributed by atoms with Crippen molar-refractivity contribution in [3.63, 3.8) is 0 Å². The molecule has 0 saturated carbocycles. The molecule has 0 aliphatic rings. The van der Waals surface area contributed by atoms with E-state index >= 15 is 0 Å². The highest BCUT2D eigenvalue weighted by atomic mass is 32.3. The summed E-state index contributed by atoms with van der Waals surface area (Å²) in [6, 6.07) is 6.18. The molecule has 0 aromatic heterocycles. The molecule has 0 spiro atoms. The zero-order valence-corrected chi connectivity index (χ0v) is 9.91. The Morgan fingerprint density at radius 1 is 1.41 bits per heavy atom. The second-order valence-electron chi connectivity index (χ2n) is 3.09. The Balaban J connectivity index is 3.08. The molecule has 4 nitrogen and oxygen atoms in total. The molecule has 92 valence electrons. The van der Waals surface area contributed by atoms with E-state index in [0.29, 0.717) is 5.41 Å². The molecule has 0 heterocycles. The van der Waals surface area contributed by atoms with Crippen LogP contribution in [-0.2, 0) is 15.0 Å². The summed E-state index contributed by atoms with van der Waals surface area (Å²) >= 11 is 0. The lowest BCUT2D eigenvalue weighted by atomic mass is 10.1. The van der Waals surface area contributed by atoms with E-state index in [2.05, 4.69) is 0 Å². The molecule has 1 aromatic carbocycles. The lowest BCUT2D eigenvalue weighted by molar-refractivity contribution is 0.0526. The Morgan fingerprint density at radius 2 is 2.06 bits per heavy atom. The van der Waals surface area contributed by atoms with Gasteiger partial charge in [0.05, 0.1) is 17.6 Å². The number of esters is 1. The third-order valence-electron chi connectivity index (χ3n) is 1.87. The summed E-state index contributed by atoms with van der Waals surface area (Å²) < 4.78 is 37.8. The van der Waals surface area contributed by atoms with E-state index in [-0.39, 0.29) is 17.7 Å². The van der Waals surface area contributed by atoms with Crippen LogP contribution in [0.4, 0.5) is 3.89 Å². The average molecular weight is 258 g/mol. The molecule has 0 radical (unpaired) electrons. The van der Waals surface area contributed by atoms with E-state index in [1.807, 2.05) is 0 Å². The number of ether oxygens (including phenoxy) is 1. The lowest BCUT2D eigenvalue weighted by Gasteiger charge is -2.04. The van der Waals surface area contributed by atoms with Crippen LogP contribution < -0.4 is 0 Å². The van der Waals surface area contributed by atoms with E-state index < -0.39 is 16.2 Å². The molecule has 1 rings (SSSR count). The molecule has 1 aromatic rings.